The maximum atomic E-state index is 10.8. The summed E-state index contributed by atoms with van der Waals surface area (Å²) in [5.41, 5.74) is 1.21. The number of carbonyl (C=O) groups excluding carboxylic acids is 1. The largest absolute Gasteiger partial charge is 0.375 e. The van der Waals surface area contributed by atoms with Gasteiger partial charge >= 0.3 is 0 Å². The molecule has 0 spiro atoms. The van der Waals surface area contributed by atoms with Crippen LogP contribution in [0.4, 0.5) is 5.69 Å². The molecule has 1 rings (SSSR count). The number of carbonyl (C=O) groups is 1. The molecule has 2 nitrogen and oxygen atoms in total. The maximum absolute atomic E-state index is 10.8. The molecule has 0 N–H and O–H groups in total. The van der Waals surface area contributed by atoms with Gasteiger partial charge in [-0.25, -0.2) is 0 Å². The number of hydrogen-bond donors (Lipinski definition) is 0. The van der Waals surface area contributed by atoms with Crippen molar-refractivity contribution in [1.82, 2.24) is 0 Å². The Morgan fingerprint density at radius 3 is 2.44 bits per heavy atom. The van der Waals surface area contributed by atoms with E-state index in [1.165, 1.54) is 10.6 Å². The van der Waals surface area contributed by atoms with Crippen molar-refractivity contribution < 1.29 is 4.79 Å². The van der Waals surface area contributed by atoms with Gasteiger partial charge in [0, 0.05) is 30.6 Å². The van der Waals surface area contributed by atoms with Crippen LogP contribution in [0.2, 0.25) is 0 Å². The van der Waals surface area contributed by atoms with Crippen molar-refractivity contribution in [2.45, 2.75) is 24.7 Å². The Balaban J connectivity index is 2.45. The normalized spacial score (nSPS) is 10.2. The summed E-state index contributed by atoms with van der Waals surface area (Å²) in [6.07, 6.45) is 3.68. The fourth-order valence-electron chi connectivity index (χ4n) is 1.53. The van der Waals surface area contributed by atoms with E-state index in [0.717, 1.165) is 13.0 Å². The molecule has 1 aromatic carbocycles. The molecule has 0 aliphatic heterocycles. The number of rotatable bonds is 6. The monoisotopic (exact) mass is 237 g/mol. The summed E-state index contributed by atoms with van der Waals surface area (Å²) in [5, 5.41) is 0. The van der Waals surface area contributed by atoms with E-state index in [0.29, 0.717) is 6.42 Å². The van der Waals surface area contributed by atoms with Crippen molar-refractivity contribution in [2.24, 2.45) is 0 Å². The highest BCUT2D eigenvalue weighted by molar-refractivity contribution is 7.98. The number of nitrogens with zero attached hydrogens (tertiary/aromatic N) is 1. The van der Waals surface area contributed by atoms with E-state index in [9.17, 15) is 4.79 Å². The molecule has 0 aliphatic rings. The van der Waals surface area contributed by atoms with Crippen molar-refractivity contribution in [1.29, 1.82) is 0 Å². The van der Waals surface area contributed by atoms with E-state index in [-0.39, 0.29) is 5.78 Å². The van der Waals surface area contributed by atoms with Crippen LogP contribution in [0.1, 0.15) is 19.8 Å². The lowest BCUT2D eigenvalue weighted by Gasteiger charge is -2.19. The predicted molar refractivity (Wildman–Crippen MR) is 71.4 cm³/mol. The minimum absolute atomic E-state index is 0.270. The fourth-order valence-corrected chi connectivity index (χ4v) is 1.94. The zero-order valence-electron chi connectivity index (χ0n) is 10.2. The smallest absolute Gasteiger partial charge is 0.129 e. The number of benzene rings is 1. The van der Waals surface area contributed by atoms with Crippen molar-refractivity contribution >= 4 is 23.2 Å². The van der Waals surface area contributed by atoms with Crippen LogP contribution < -0.4 is 4.90 Å². The molecule has 0 atom stereocenters. The molecule has 0 saturated carbocycles. The van der Waals surface area contributed by atoms with Gasteiger partial charge in [-0.3, -0.25) is 0 Å². The quantitative estimate of drug-likeness (QED) is 0.709. The highest BCUT2D eigenvalue weighted by atomic mass is 32.2. The van der Waals surface area contributed by atoms with Crippen LogP contribution >= 0.6 is 11.8 Å². The van der Waals surface area contributed by atoms with Gasteiger partial charge in [-0.1, -0.05) is 0 Å². The summed E-state index contributed by atoms with van der Waals surface area (Å²) >= 11 is 1.75. The van der Waals surface area contributed by atoms with Gasteiger partial charge in [0.2, 0.25) is 0 Å². The topological polar surface area (TPSA) is 20.3 Å². The van der Waals surface area contributed by atoms with Gasteiger partial charge in [0.15, 0.2) is 0 Å². The Morgan fingerprint density at radius 2 is 1.94 bits per heavy atom. The van der Waals surface area contributed by atoms with E-state index in [2.05, 4.69) is 42.5 Å². The number of thioether (sulfide) groups is 1. The van der Waals surface area contributed by atoms with E-state index in [4.69, 9.17) is 0 Å². The molecule has 0 fully saturated rings. The van der Waals surface area contributed by atoms with E-state index in [1.54, 1.807) is 18.7 Å². The summed E-state index contributed by atoms with van der Waals surface area (Å²) in [4.78, 5) is 14.3. The van der Waals surface area contributed by atoms with Crippen molar-refractivity contribution in [3.05, 3.63) is 24.3 Å². The van der Waals surface area contributed by atoms with Crippen LogP contribution in [0, 0.1) is 0 Å². The van der Waals surface area contributed by atoms with Crippen LogP contribution in [0.3, 0.4) is 0 Å². The second-order valence-corrected chi connectivity index (χ2v) is 4.80. The minimum atomic E-state index is 0.270. The van der Waals surface area contributed by atoms with Gasteiger partial charge in [0.05, 0.1) is 0 Å². The van der Waals surface area contributed by atoms with Gasteiger partial charge in [0.25, 0.3) is 0 Å². The first-order valence-electron chi connectivity index (χ1n) is 5.48. The van der Waals surface area contributed by atoms with Gasteiger partial charge < -0.3 is 9.69 Å². The lowest BCUT2D eigenvalue weighted by Crippen LogP contribution is -2.18. The van der Waals surface area contributed by atoms with E-state index >= 15 is 0 Å². The molecule has 0 saturated heterocycles. The Hall–Kier alpha value is -0.960. The van der Waals surface area contributed by atoms with Gasteiger partial charge in [-0.2, -0.15) is 0 Å². The number of hydrogen-bond acceptors (Lipinski definition) is 3. The first kappa shape index (κ1) is 13.1. The molecule has 0 radical (unpaired) electrons. The third kappa shape index (κ3) is 4.27. The summed E-state index contributed by atoms with van der Waals surface area (Å²) in [5.74, 6) is 0.270. The minimum Gasteiger partial charge on any atom is -0.375 e. The fraction of sp³-hybridized carbons (Fsp3) is 0.462. The standard InChI is InChI=1S/C13H19NOS/c1-11(15)5-4-10-14(2)12-6-8-13(16-3)9-7-12/h6-9H,4-5,10H2,1-3H3. The average molecular weight is 237 g/mol. The highest BCUT2D eigenvalue weighted by Crippen LogP contribution is 2.19. The number of ketones is 1. The second-order valence-electron chi connectivity index (χ2n) is 3.93. The van der Waals surface area contributed by atoms with Crippen LogP contribution in [0.15, 0.2) is 29.2 Å². The second kappa shape index (κ2) is 6.59. The Labute approximate surface area is 102 Å². The number of Topliss-reactive ketones (excluding diaryl/α,β-unsaturated/α-hetero) is 1. The average Bonchev–Trinajstić information content (AvgIpc) is 2.28. The maximum Gasteiger partial charge on any atom is 0.129 e. The third-order valence-electron chi connectivity index (χ3n) is 2.54. The Kier molecular flexibility index (Phi) is 5.39. The molecule has 0 bridgehead atoms. The summed E-state index contributed by atoms with van der Waals surface area (Å²) < 4.78 is 0. The molecule has 0 heterocycles. The van der Waals surface area contributed by atoms with Crippen LogP contribution in [0.5, 0.6) is 0 Å². The molecule has 0 unspecified atom stereocenters. The lowest BCUT2D eigenvalue weighted by molar-refractivity contribution is -0.117. The first-order chi connectivity index (χ1) is 7.63. The summed E-state index contributed by atoms with van der Waals surface area (Å²) in [7, 11) is 2.06. The third-order valence-corrected chi connectivity index (χ3v) is 3.28. The highest BCUT2D eigenvalue weighted by Gasteiger charge is 2.01. The molecular formula is C13H19NOS. The van der Waals surface area contributed by atoms with Gasteiger partial charge in [-0.15, -0.1) is 11.8 Å². The number of anilines is 1. The van der Waals surface area contributed by atoms with Crippen molar-refractivity contribution in [3.63, 3.8) is 0 Å². The molecule has 3 heteroatoms. The molecule has 0 amide bonds. The molecule has 88 valence electrons. The van der Waals surface area contributed by atoms with E-state index < -0.39 is 0 Å². The SMILES string of the molecule is CSc1ccc(N(C)CCCC(C)=O)cc1. The molecule has 16 heavy (non-hydrogen) atoms. The first-order valence-corrected chi connectivity index (χ1v) is 6.70. The zero-order chi connectivity index (χ0) is 12.0. The summed E-state index contributed by atoms with van der Waals surface area (Å²) in [6.45, 7) is 2.57. The van der Waals surface area contributed by atoms with Gasteiger partial charge in [0.1, 0.15) is 5.78 Å². The molecule has 0 aliphatic carbocycles. The van der Waals surface area contributed by atoms with Crippen molar-refractivity contribution in [3.8, 4) is 0 Å². The molecule has 0 aromatic heterocycles. The predicted octanol–water partition coefficient (Wildman–Crippen LogP) is 3.21. The van der Waals surface area contributed by atoms with Crippen LogP contribution in [-0.4, -0.2) is 25.6 Å². The summed E-state index contributed by atoms with van der Waals surface area (Å²) in [6, 6.07) is 8.50. The molecule has 1 aromatic rings. The zero-order valence-corrected chi connectivity index (χ0v) is 11.0. The Morgan fingerprint density at radius 1 is 1.31 bits per heavy atom. The van der Waals surface area contributed by atoms with Crippen LogP contribution in [-0.2, 0) is 4.79 Å². The van der Waals surface area contributed by atoms with Gasteiger partial charge in [-0.05, 0) is 43.9 Å². The lowest BCUT2D eigenvalue weighted by atomic mass is 10.2. The van der Waals surface area contributed by atoms with Crippen LogP contribution in [0.25, 0.3) is 0 Å². The van der Waals surface area contributed by atoms with E-state index in [1.807, 2.05) is 0 Å². The molecular weight excluding hydrogens is 218 g/mol. The van der Waals surface area contributed by atoms with Crippen molar-refractivity contribution in [2.75, 3.05) is 24.7 Å². The Bertz CT molecular complexity index is 334.